The number of carbonyl (C=O) groups is 1. The number of para-hydroxylation sites is 1. The molecule has 0 spiro atoms. The van der Waals surface area contributed by atoms with Crippen LogP contribution in [0.2, 0.25) is 0 Å². The van der Waals surface area contributed by atoms with E-state index in [2.05, 4.69) is 10.3 Å². The van der Waals surface area contributed by atoms with E-state index in [-0.39, 0.29) is 16.1 Å². The fourth-order valence-electron chi connectivity index (χ4n) is 3.49. The second-order valence-corrected chi connectivity index (χ2v) is 10.4. The summed E-state index contributed by atoms with van der Waals surface area (Å²) < 4.78 is 26.4. The number of allylic oxidation sites excluding steroid dienone is 1. The van der Waals surface area contributed by atoms with Gasteiger partial charge in [0, 0.05) is 6.04 Å². The summed E-state index contributed by atoms with van der Waals surface area (Å²) in [6.45, 7) is 1.85. The fraction of sp³-hybridized carbons (Fsp3) is 0.474. The van der Waals surface area contributed by atoms with Gasteiger partial charge in [0.25, 0.3) is 0 Å². The standard InChI is InChI=1S/C19H24N2O4S2/c1-13(6-7-14-8-10-15(11-9-14)20-18(22)23)12-27(24,25)19-21-16-4-2-3-5-17(16)26-19/h2-6,14-15,20H,7-12H2,1H3,(H,22,23). The minimum atomic E-state index is -3.43. The quantitative estimate of drug-likeness (QED) is 0.697. The molecule has 1 fully saturated rings. The summed E-state index contributed by atoms with van der Waals surface area (Å²) in [7, 11) is -3.43. The van der Waals surface area contributed by atoms with Gasteiger partial charge in [0.1, 0.15) is 0 Å². The van der Waals surface area contributed by atoms with Crippen LogP contribution in [0.3, 0.4) is 0 Å². The Bertz CT molecular complexity index is 909. The average molecular weight is 409 g/mol. The molecule has 1 amide bonds. The van der Waals surface area contributed by atoms with E-state index in [1.807, 2.05) is 37.3 Å². The Morgan fingerprint density at radius 1 is 1.30 bits per heavy atom. The van der Waals surface area contributed by atoms with Crippen LogP contribution < -0.4 is 5.32 Å². The maximum Gasteiger partial charge on any atom is 0.404 e. The first kappa shape index (κ1) is 19.8. The number of benzene rings is 1. The minimum Gasteiger partial charge on any atom is -0.465 e. The Hall–Kier alpha value is -1.93. The van der Waals surface area contributed by atoms with Crippen molar-refractivity contribution in [3.63, 3.8) is 0 Å². The second kappa shape index (κ2) is 8.39. The van der Waals surface area contributed by atoms with Crippen LogP contribution in [0.5, 0.6) is 0 Å². The molecule has 146 valence electrons. The zero-order valence-electron chi connectivity index (χ0n) is 15.2. The molecular weight excluding hydrogens is 384 g/mol. The van der Waals surface area contributed by atoms with Gasteiger partial charge in [-0.2, -0.15) is 0 Å². The van der Waals surface area contributed by atoms with Gasteiger partial charge in [-0.1, -0.05) is 23.8 Å². The first-order chi connectivity index (χ1) is 12.8. The lowest BCUT2D eigenvalue weighted by Gasteiger charge is -2.27. The highest BCUT2D eigenvalue weighted by molar-refractivity contribution is 7.93. The number of thiazole rings is 1. The third-order valence-corrected chi connectivity index (χ3v) is 8.23. The molecule has 8 heteroatoms. The molecule has 1 aliphatic carbocycles. The van der Waals surface area contributed by atoms with Crippen LogP contribution in [0, 0.1) is 5.92 Å². The Morgan fingerprint density at radius 2 is 2.00 bits per heavy atom. The van der Waals surface area contributed by atoms with Crippen molar-refractivity contribution in [2.75, 3.05) is 5.75 Å². The maximum absolute atomic E-state index is 12.7. The summed E-state index contributed by atoms with van der Waals surface area (Å²) in [6, 6.07) is 7.48. The van der Waals surface area contributed by atoms with E-state index < -0.39 is 15.9 Å². The molecule has 1 aromatic heterocycles. The smallest absolute Gasteiger partial charge is 0.404 e. The Kier molecular flexibility index (Phi) is 6.16. The van der Waals surface area contributed by atoms with Crippen molar-refractivity contribution in [1.29, 1.82) is 0 Å². The molecule has 1 saturated carbocycles. The molecule has 2 aromatic rings. The normalized spacial score (nSPS) is 21.3. The largest absolute Gasteiger partial charge is 0.465 e. The molecule has 0 radical (unpaired) electrons. The van der Waals surface area contributed by atoms with Crippen molar-refractivity contribution in [2.45, 2.75) is 49.4 Å². The SMILES string of the molecule is CC(=CCC1CCC(NC(=O)O)CC1)CS(=O)(=O)c1nc2ccccc2s1. The number of hydrogen-bond acceptors (Lipinski definition) is 5. The van der Waals surface area contributed by atoms with Gasteiger partial charge in [-0.25, -0.2) is 18.2 Å². The molecule has 0 unspecified atom stereocenters. The lowest BCUT2D eigenvalue weighted by atomic mass is 9.84. The molecular formula is C19H24N2O4S2. The van der Waals surface area contributed by atoms with Crippen LogP contribution in [-0.2, 0) is 9.84 Å². The summed E-state index contributed by atoms with van der Waals surface area (Å²) in [5.41, 5.74) is 1.55. The predicted octanol–water partition coefficient (Wildman–Crippen LogP) is 4.23. The summed E-state index contributed by atoms with van der Waals surface area (Å²) >= 11 is 1.22. The number of nitrogens with zero attached hydrogens (tertiary/aromatic N) is 1. The molecule has 0 bridgehead atoms. The second-order valence-electron chi connectivity index (χ2n) is 7.16. The topological polar surface area (TPSA) is 96.4 Å². The third kappa shape index (κ3) is 5.29. The zero-order valence-corrected chi connectivity index (χ0v) is 16.9. The third-order valence-electron chi connectivity index (χ3n) is 4.93. The van der Waals surface area contributed by atoms with Crippen LogP contribution >= 0.6 is 11.3 Å². The molecule has 2 N–H and O–H groups in total. The molecule has 1 aromatic carbocycles. The van der Waals surface area contributed by atoms with E-state index in [0.29, 0.717) is 5.92 Å². The fourth-order valence-corrected chi connectivity index (χ4v) is 6.22. The molecule has 1 aliphatic rings. The highest BCUT2D eigenvalue weighted by Gasteiger charge is 2.23. The molecule has 0 aliphatic heterocycles. The van der Waals surface area contributed by atoms with Crippen molar-refractivity contribution < 1.29 is 18.3 Å². The van der Waals surface area contributed by atoms with Gasteiger partial charge in [0.05, 0.1) is 16.0 Å². The predicted molar refractivity (Wildman–Crippen MR) is 107 cm³/mol. The first-order valence-corrected chi connectivity index (χ1v) is 11.5. The van der Waals surface area contributed by atoms with Gasteiger partial charge in [0.15, 0.2) is 0 Å². The molecule has 0 atom stereocenters. The first-order valence-electron chi connectivity index (χ1n) is 9.07. The van der Waals surface area contributed by atoms with Gasteiger partial charge in [-0.15, -0.1) is 11.3 Å². The zero-order chi connectivity index (χ0) is 19.4. The lowest BCUT2D eigenvalue weighted by Crippen LogP contribution is -2.36. The van der Waals surface area contributed by atoms with E-state index >= 15 is 0 Å². The Labute approximate surface area is 163 Å². The van der Waals surface area contributed by atoms with E-state index in [0.717, 1.165) is 47.9 Å². The Balaban J connectivity index is 1.56. The number of sulfone groups is 1. The summed E-state index contributed by atoms with van der Waals surface area (Å²) in [4.78, 5) is 15.0. The van der Waals surface area contributed by atoms with Crippen molar-refractivity contribution >= 4 is 37.5 Å². The van der Waals surface area contributed by atoms with Crippen LogP contribution in [-0.4, -0.2) is 36.4 Å². The number of fused-ring (bicyclic) bond motifs is 1. The van der Waals surface area contributed by atoms with Gasteiger partial charge in [0.2, 0.25) is 14.2 Å². The number of rotatable bonds is 6. The number of hydrogen-bond donors (Lipinski definition) is 2. The number of aromatic nitrogens is 1. The van der Waals surface area contributed by atoms with Crippen molar-refractivity contribution in [3.8, 4) is 0 Å². The number of carboxylic acid groups (broad SMARTS) is 1. The van der Waals surface area contributed by atoms with Crippen LogP contribution in [0.4, 0.5) is 4.79 Å². The minimum absolute atomic E-state index is 0.0112. The van der Waals surface area contributed by atoms with E-state index in [9.17, 15) is 13.2 Å². The van der Waals surface area contributed by atoms with E-state index in [1.165, 1.54) is 11.3 Å². The van der Waals surface area contributed by atoms with Crippen molar-refractivity contribution in [1.82, 2.24) is 10.3 Å². The van der Waals surface area contributed by atoms with E-state index in [4.69, 9.17) is 5.11 Å². The van der Waals surface area contributed by atoms with Crippen LogP contribution in [0.1, 0.15) is 39.0 Å². The average Bonchev–Trinajstić information content (AvgIpc) is 3.05. The molecule has 27 heavy (non-hydrogen) atoms. The monoisotopic (exact) mass is 408 g/mol. The van der Waals surface area contributed by atoms with Crippen LogP contribution in [0.15, 0.2) is 40.3 Å². The van der Waals surface area contributed by atoms with E-state index in [1.54, 1.807) is 0 Å². The highest BCUT2D eigenvalue weighted by Crippen LogP contribution is 2.29. The number of nitrogens with one attached hydrogen (secondary N) is 1. The number of amides is 1. The summed E-state index contributed by atoms with van der Waals surface area (Å²) in [5.74, 6) is 0.472. The lowest BCUT2D eigenvalue weighted by molar-refractivity contribution is 0.182. The van der Waals surface area contributed by atoms with Gasteiger partial charge in [-0.3, -0.25) is 0 Å². The highest BCUT2D eigenvalue weighted by atomic mass is 32.2. The van der Waals surface area contributed by atoms with Crippen LogP contribution in [0.25, 0.3) is 10.2 Å². The molecule has 0 saturated heterocycles. The van der Waals surface area contributed by atoms with Gasteiger partial charge in [-0.05, 0) is 57.1 Å². The molecule has 6 nitrogen and oxygen atoms in total. The van der Waals surface area contributed by atoms with Crippen molar-refractivity contribution in [2.24, 2.45) is 5.92 Å². The van der Waals surface area contributed by atoms with Crippen molar-refractivity contribution in [3.05, 3.63) is 35.9 Å². The molecule has 1 heterocycles. The maximum atomic E-state index is 12.7. The van der Waals surface area contributed by atoms with Gasteiger partial charge >= 0.3 is 6.09 Å². The van der Waals surface area contributed by atoms with Gasteiger partial charge < -0.3 is 10.4 Å². The molecule has 3 rings (SSSR count). The Morgan fingerprint density at radius 3 is 2.67 bits per heavy atom. The summed E-state index contributed by atoms with van der Waals surface area (Å²) in [6.07, 6.45) is 5.48. The summed E-state index contributed by atoms with van der Waals surface area (Å²) in [5, 5.41) is 11.3.